The maximum Gasteiger partial charge on any atom is 0.00103 e. The lowest BCUT2D eigenvalue weighted by Gasteiger charge is -2.62. The molecule has 4 bridgehead atoms. The molecule has 0 aliphatic heterocycles. The predicted molar refractivity (Wildman–Crippen MR) is 90.7 cm³/mol. The van der Waals surface area contributed by atoms with Gasteiger partial charge in [0.2, 0.25) is 0 Å². The Morgan fingerprint density at radius 2 is 1.48 bits per heavy atom. The van der Waals surface area contributed by atoms with Crippen molar-refractivity contribution in [3.05, 3.63) is 35.9 Å². The van der Waals surface area contributed by atoms with Crippen molar-refractivity contribution in [1.82, 2.24) is 0 Å². The van der Waals surface area contributed by atoms with E-state index in [0.717, 1.165) is 30.2 Å². The highest BCUT2D eigenvalue weighted by molar-refractivity contribution is 5.85. The maximum atomic E-state index is 5.87. The van der Waals surface area contributed by atoms with Gasteiger partial charge < -0.3 is 5.73 Å². The Bertz CT molecular complexity index is 442. The van der Waals surface area contributed by atoms with E-state index in [1.165, 1.54) is 44.9 Å². The molecule has 0 radical (unpaired) electrons. The zero-order chi connectivity index (χ0) is 13.6. The van der Waals surface area contributed by atoms with E-state index in [9.17, 15) is 0 Å². The fourth-order valence-corrected chi connectivity index (χ4v) is 6.19. The van der Waals surface area contributed by atoms with E-state index in [1.807, 2.05) is 0 Å². The van der Waals surface area contributed by atoms with E-state index >= 15 is 0 Å². The van der Waals surface area contributed by atoms with Crippen LogP contribution in [0.2, 0.25) is 0 Å². The predicted octanol–water partition coefficient (Wildman–Crippen LogP) is 4.54. The van der Waals surface area contributed by atoms with Gasteiger partial charge in [-0.15, -0.1) is 12.4 Å². The molecule has 2 heteroatoms. The number of hydrogen-bond donors (Lipinski definition) is 1. The van der Waals surface area contributed by atoms with Crippen LogP contribution in [0.3, 0.4) is 0 Å². The van der Waals surface area contributed by atoms with E-state index < -0.39 is 0 Å². The minimum Gasteiger partial charge on any atom is -0.330 e. The average molecular weight is 306 g/mol. The van der Waals surface area contributed by atoms with Crippen molar-refractivity contribution < 1.29 is 0 Å². The van der Waals surface area contributed by atoms with E-state index in [4.69, 9.17) is 5.73 Å². The smallest absolute Gasteiger partial charge is 0.00103 e. The molecular weight excluding hydrogens is 278 g/mol. The quantitative estimate of drug-likeness (QED) is 0.868. The van der Waals surface area contributed by atoms with Gasteiger partial charge >= 0.3 is 0 Å². The molecule has 0 aromatic heterocycles. The normalized spacial score (nSPS) is 40.0. The van der Waals surface area contributed by atoms with Gasteiger partial charge in [0.25, 0.3) is 0 Å². The lowest BCUT2D eigenvalue weighted by molar-refractivity contribution is -0.0655. The van der Waals surface area contributed by atoms with Crippen LogP contribution in [0.5, 0.6) is 0 Å². The minimum atomic E-state index is 0. The van der Waals surface area contributed by atoms with Crippen molar-refractivity contribution >= 4 is 12.4 Å². The van der Waals surface area contributed by atoms with E-state index in [1.54, 1.807) is 5.56 Å². The molecule has 0 amide bonds. The van der Waals surface area contributed by atoms with E-state index in [-0.39, 0.29) is 12.4 Å². The minimum absolute atomic E-state index is 0. The topological polar surface area (TPSA) is 26.0 Å². The summed E-state index contributed by atoms with van der Waals surface area (Å²) in [6, 6.07) is 11.4. The van der Waals surface area contributed by atoms with Crippen LogP contribution in [0.1, 0.15) is 50.5 Å². The zero-order valence-corrected chi connectivity index (χ0v) is 13.7. The summed E-state index contributed by atoms with van der Waals surface area (Å²) in [5, 5.41) is 0. The van der Waals surface area contributed by atoms with Gasteiger partial charge in [0.05, 0.1) is 0 Å². The number of benzene rings is 1. The van der Waals surface area contributed by atoms with Crippen molar-refractivity contribution in [1.29, 1.82) is 0 Å². The Labute approximate surface area is 135 Å². The average Bonchev–Trinajstić information content (AvgIpc) is 2.47. The Morgan fingerprint density at radius 1 is 0.905 bits per heavy atom. The number of rotatable bonds is 4. The summed E-state index contributed by atoms with van der Waals surface area (Å²) >= 11 is 0. The van der Waals surface area contributed by atoms with Crippen molar-refractivity contribution in [3.63, 3.8) is 0 Å². The van der Waals surface area contributed by atoms with Crippen LogP contribution in [0, 0.1) is 23.7 Å². The molecule has 2 N–H and O–H groups in total. The molecule has 1 aromatic rings. The Morgan fingerprint density at radius 3 is 2.00 bits per heavy atom. The van der Waals surface area contributed by atoms with Gasteiger partial charge in [-0.05, 0) is 80.7 Å². The second-order valence-corrected chi connectivity index (χ2v) is 7.60. The molecule has 1 aromatic carbocycles. The molecule has 0 heterocycles. The second-order valence-electron chi connectivity index (χ2n) is 7.60. The van der Waals surface area contributed by atoms with Gasteiger partial charge in [-0.25, -0.2) is 0 Å². The van der Waals surface area contributed by atoms with Crippen LogP contribution in [0.15, 0.2) is 30.3 Å². The van der Waals surface area contributed by atoms with Gasteiger partial charge in [0.15, 0.2) is 0 Å². The van der Waals surface area contributed by atoms with Crippen molar-refractivity contribution in [2.24, 2.45) is 29.4 Å². The lowest BCUT2D eigenvalue weighted by atomic mass is 9.43. The van der Waals surface area contributed by atoms with Gasteiger partial charge in [-0.2, -0.15) is 0 Å². The molecule has 116 valence electrons. The van der Waals surface area contributed by atoms with Crippen LogP contribution >= 0.6 is 12.4 Å². The molecule has 4 aliphatic carbocycles. The summed E-state index contributed by atoms with van der Waals surface area (Å²) < 4.78 is 0. The van der Waals surface area contributed by atoms with Gasteiger partial charge in [-0.3, -0.25) is 0 Å². The Hall–Kier alpha value is -0.530. The lowest BCUT2D eigenvalue weighted by Crippen LogP contribution is -2.55. The number of nitrogens with two attached hydrogens (primary N) is 1. The molecule has 0 unspecified atom stereocenters. The van der Waals surface area contributed by atoms with Gasteiger partial charge in [0, 0.05) is 5.41 Å². The highest BCUT2D eigenvalue weighted by Crippen LogP contribution is 2.64. The van der Waals surface area contributed by atoms with Gasteiger partial charge in [0.1, 0.15) is 0 Å². The first-order valence-corrected chi connectivity index (χ1v) is 8.58. The van der Waals surface area contributed by atoms with Gasteiger partial charge in [-0.1, -0.05) is 30.3 Å². The third-order valence-corrected chi connectivity index (χ3v) is 6.70. The van der Waals surface area contributed by atoms with Crippen LogP contribution in [-0.4, -0.2) is 6.54 Å². The molecular formula is C19H28ClN. The highest BCUT2D eigenvalue weighted by Gasteiger charge is 2.57. The van der Waals surface area contributed by atoms with Crippen molar-refractivity contribution in [2.75, 3.05) is 6.54 Å². The van der Waals surface area contributed by atoms with E-state index in [2.05, 4.69) is 30.3 Å². The Balaban J connectivity index is 0.00000132. The standard InChI is InChI=1S/C19H27N.ClH/c20-8-4-7-19(16-5-2-1-3-6-16)17-10-14-9-15(12-17)13-18(19)11-14;/h1-3,5-6,14-15,17-18H,4,7-13,20H2;1H. The van der Waals surface area contributed by atoms with Crippen LogP contribution in [0.25, 0.3) is 0 Å². The van der Waals surface area contributed by atoms with Crippen molar-refractivity contribution in [2.45, 2.75) is 50.4 Å². The molecule has 5 rings (SSSR count). The maximum absolute atomic E-state index is 5.87. The van der Waals surface area contributed by atoms with Crippen LogP contribution in [-0.2, 0) is 5.41 Å². The SMILES string of the molecule is Cl.NCCCC1(c2ccccc2)C2CC3CC(C2)CC1C3. The van der Waals surface area contributed by atoms with E-state index in [0.29, 0.717) is 5.41 Å². The summed E-state index contributed by atoms with van der Waals surface area (Å²) in [5.41, 5.74) is 7.96. The summed E-state index contributed by atoms with van der Waals surface area (Å²) in [6.45, 7) is 0.848. The first-order chi connectivity index (χ1) is 9.83. The molecule has 4 aliphatic rings. The monoisotopic (exact) mass is 305 g/mol. The molecule has 4 fully saturated rings. The first kappa shape index (κ1) is 15.4. The first-order valence-electron chi connectivity index (χ1n) is 8.58. The molecule has 0 atom stereocenters. The summed E-state index contributed by atoms with van der Waals surface area (Å²) in [7, 11) is 0. The van der Waals surface area contributed by atoms with Crippen LogP contribution in [0.4, 0.5) is 0 Å². The summed E-state index contributed by atoms with van der Waals surface area (Å²) in [5.74, 6) is 3.97. The third-order valence-electron chi connectivity index (χ3n) is 6.70. The molecule has 1 nitrogen and oxygen atoms in total. The summed E-state index contributed by atoms with van der Waals surface area (Å²) in [6.07, 6.45) is 10.0. The largest absolute Gasteiger partial charge is 0.330 e. The fraction of sp³-hybridized carbons (Fsp3) is 0.684. The molecule has 4 saturated carbocycles. The highest BCUT2D eigenvalue weighted by atomic mass is 35.5. The fourth-order valence-electron chi connectivity index (χ4n) is 6.19. The molecule has 0 spiro atoms. The third kappa shape index (κ3) is 2.33. The van der Waals surface area contributed by atoms with Crippen LogP contribution < -0.4 is 5.73 Å². The summed E-state index contributed by atoms with van der Waals surface area (Å²) in [4.78, 5) is 0. The number of hydrogen-bond acceptors (Lipinski definition) is 1. The molecule has 21 heavy (non-hydrogen) atoms. The zero-order valence-electron chi connectivity index (χ0n) is 12.8. The van der Waals surface area contributed by atoms with Crippen molar-refractivity contribution in [3.8, 4) is 0 Å². The molecule has 0 saturated heterocycles. The number of halogens is 1. The second kappa shape index (κ2) is 5.93. The Kier molecular flexibility index (Phi) is 4.34.